The lowest BCUT2D eigenvalue weighted by molar-refractivity contribution is -0.134. The minimum absolute atomic E-state index is 0.0314. The van der Waals surface area contributed by atoms with Crippen LogP contribution in [0.4, 0.5) is 0 Å². The molecule has 0 aliphatic carbocycles. The van der Waals surface area contributed by atoms with Crippen LogP contribution in [0, 0.1) is 6.92 Å². The summed E-state index contributed by atoms with van der Waals surface area (Å²) in [4.78, 5) is 33.4. The van der Waals surface area contributed by atoms with Gasteiger partial charge in [0, 0.05) is 25.1 Å². The normalized spacial score (nSPS) is 12.2. The highest BCUT2D eigenvalue weighted by atomic mass is 35.5. The van der Waals surface area contributed by atoms with Crippen LogP contribution in [0.5, 0.6) is 0 Å². The van der Waals surface area contributed by atoms with Crippen molar-refractivity contribution in [3.8, 4) is 5.69 Å². The molecular formula is C26H32ClN3O3. The number of benzene rings is 2. The van der Waals surface area contributed by atoms with Crippen molar-refractivity contribution in [2.75, 3.05) is 20.3 Å². The summed E-state index contributed by atoms with van der Waals surface area (Å²) in [5.74, 6) is 0.530. The number of aromatic nitrogens is 2. The maximum atomic E-state index is 13.6. The lowest BCUT2D eigenvalue weighted by Gasteiger charge is -2.30. The standard InChI is InChI=1S/C26H32ClN3O3/c1-5-6-7-8-24(31)29(15-16-33-4)19(3)25-28-23-17-20(27)11-14-22(23)26(32)30(25)21-12-9-18(2)10-13-21/h9-14,17,19H,5-8,15-16H2,1-4H3. The van der Waals surface area contributed by atoms with Gasteiger partial charge in [-0.3, -0.25) is 14.2 Å². The molecule has 0 saturated heterocycles. The first-order chi connectivity index (χ1) is 15.9. The monoisotopic (exact) mass is 469 g/mol. The summed E-state index contributed by atoms with van der Waals surface area (Å²) in [6.45, 7) is 6.84. The number of fused-ring (bicyclic) bond motifs is 1. The van der Waals surface area contributed by atoms with E-state index in [2.05, 4.69) is 6.92 Å². The maximum Gasteiger partial charge on any atom is 0.266 e. The van der Waals surface area contributed by atoms with Crippen LogP contribution in [0.15, 0.2) is 47.3 Å². The summed E-state index contributed by atoms with van der Waals surface area (Å²) in [7, 11) is 1.61. The molecule has 1 amide bonds. The fraction of sp³-hybridized carbons (Fsp3) is 0.423. The van der Waals surface area contributed by atoms with Crippen LogP contribution in [0.3, 0.4) is 0 Å². The van der Waals surface area contributed by atoms with E-state index in [0.29, 0.717) is 47.0 Å². The van der Waals surface area contributed by atoms with Crippen LogP contribution >= 0.6 is 11.6 Å². The Morgan fingerprint density at radius 2 is 1.91 bits per heavy atom. The molecule has 3 aromatic rings. The molecule has 1 heterocycles. The van der Waals surface area contributed by atoms with E-state index >= 15 is 0 Å². The van der Waals surface area contributed by atoms with Gasteiger partial charge in [0.1, 0.15) is 5.82 Å². The Morgan fingerprint density at radius 3 is 2.58 bits per heavy atom. The van der Waals surface area contributed by atoms with Gasteiger partial charge in [0.15, 0.2) is 0 Å². The highest BCUT2D eigenvalue weighted by molar-refractivity contribution is 6.31. The van der Waals surface area contributed by atoms with E-state index in [0.717, 1.165) is 24.8 Å². The molecule has 176 valence electrons. The topological polar surface area (TPSA) is 64.4 Å². The molecule has 3 rings (SSSR count). The average Bonchev–Trinajstić information content (AvgIpc) is 2.80. The van der Waals surface area contributed by atoms with Crippen molar-refractivity contribution in [1.29, 1.82) is 0 Å². The van der Waals surface area contributed by atoms with E-state index in [9.17, 15) is 9.59 Å². The second-order valence-electron chi connectivity index (χ2n) is 8.32. The molecule has 0 aliphatic rings. The molecule has 0 aliphatic heterocycles. The highest BCUT2D eigenvalue weighted by Gasteiger charge is 2.26. The van der Waals surface area contributed by atoms with Gasteiger partial charge in [0.25, 0.3) is 5.56 Å². The molecule has 1 unspecified atom stereocenters. The predicted octanol–water partition coefficient (Wildman–Crippen LogP) is 5.46. The summed E-state index contributed by atoms with van der Waals surface area (Å²) < 4.78 is 6.88. The number of ether oxygens (including phenoxy) is 1. The van der Waals surface area contributed by atoms with Crippen molar-refractivity contribution < 1.29 is 9.53 Å². The van der Waals surface area contributed by atoms with Gasteiger partial charge < -0.3 is 9.64 Å². The number of hydrogen-bond donors (Lipinski definition) is 0. The SMILES string of the molecule is CCCCCC(=O)N(CCOC)C(C)c1nc2cc(Cl)ccc2c(=O)n1-c1ccc(C)cc1. The Hall–Kier alpha value is -2.70. The summed E-state index contributed by atoms with van der Waals surface area (Å²) in [5, 5.41) is 0.988. The van der Waals surface area contributed by atoms with Crippen molar-refractivity contribution in [2.45, 2.75) is 52.5 Å². The minimum atomic E-state index is -0.438. The van der Waals surface area contributed by atoms with Gasteiger partial charge in [-0.25, -0.2) is 4.98 Å². The smallest absolute Gasteiger partial charge is 0.266 e. The van der Waals surface area contributed by atoms with E-state index in [-0.39, 0.29) is 11.5 Å². The van der Waals surface area contributed by atoms with Crippen molar-refractivity contribution in [3.05, 3.63) is 69.2 Å². The number of methoxy groups -OCH3 is 1. The van der Waals surface area contributed by atoms with Crippen molar-refractivity contribution in [1.82, 2.24) is 14.5 Å². The summed E-state index contributed by atoms with van der Waals surface area (Å²) >= 11 is 6.20. The number of hydrogen-bond acceptors (Lipinski definition) is 4. The zero-order chi connectivity index (χ0) is 24.0. The van der Waals surface area contributed by atoms with Crippen LogP contribution in [0.1, 0.15) is 57.0 Å². The Morgan fingerprint density at radius 1 is 1.18 bits per heavy atom. The Balaban J connectivity index is 2.16. The van der Waals surface area contributed by atoms with E-state index in [1.54, 1.807) is 34.8 Å². The van der Waals surface area contributed by atoms with Gasteiger partial charge in [0.05, 0.1) is 29.2 Å². The van der Waals surface area contributed by atoms with E-state index in [1.165, 1.54) is 0 Å². The molecule has 1 atom stereocenters. The molecule has 0 fully saturated rings. The van der Waals surface area contributed by atoms with Gasteiger partial charge in [0.2, 0.25) is 5.91 Å². The molecule has 6 nitrogen and oxygen atoms in total. The molecule has 0 N–H and O–H groups in total. The van der Waals surface area contributed by atoms with Crippen LogP contribution in [-0.4, -0.2) is 40.6 Å². The van der Waals surface area contributed by atoms with Crippen LogP contribution < -0.4 is 5.56 Å². The summed E-state index contributed by atoms with van der Waals surface area (Å²) in [6.07, 6.45) is 3.33. The molecule has 0 radical (unpaired) electrons. The predicted molar refractivity (Wildman–Crippen MR) is 133 cm³/mol. The molecule has 0 spiro atoms. The van der Waals surface area contributed by atoms with E-state index in [1.807, 2.05) is 38.1 Å². The number of unbranched alkanes of at least 4 members (excludes halogenated alkanes) is 2. The highest BCUT2D eigenvalue weighted by Crippen LogP contribution is 2.25. The zero-order valence-electron chi connectivity index (χ0n) is 19.8. The largest absolute Gasteiger partial charge is 0.383 e. The summed E-state index contributed by atoms with van der Waals surface area (Å²) in [6, 6.07) is 12.4. The van der Waals surface area contributed by atoms with Crippen LogP contribution in [0.2, 0.25) is 5.02 Å². The fourth-order valence-electron chi connectivity index (χ4n) is 3.93. The average molecular weight is 470 g/mol. The fourth-order valence-corrected chi connectivity index (χ4v) is 4.10. The van der Waals surface area contributed by atoms with E-state index < -0.39 is 6.04 Å². The second-order valence-corrected chi connectivity index (χ2v) is 8.76. The molecule has 1 aromatic heterocycles. The van der Waals surface area contributed by atoms with Gasteiger partial charge in [-0.05, 0) is 50.6 Å². The summed E-state index contributed by atoms with van der Waals surface area (Å²) in [5.41, 5.74) is 2.13. The molecule has 7 heteroatoms. The molecule has 33 heavy (non-hydrogen) atoms. The molecule has 2 aromatic carbocycles. The number of halogens is 1. The lowest BCUT2D eigenvalue weighted by Crippen LogP contribution is -2.39. The maximum absolute atomic E-state index is 13.6. The Labute approximate surface area is 200 Å². The Bertz CT molecular complexity index is 1160. The molecule has 0 saturated carbocycles. The van der Waals surface area contributed by atoms with Gasteiger partial charge in [-0.2, -0.15) is 0 Å². The number of rotatable bonds is 10. The quantitative estimate of drug-likeness (QED) is 0.369. The third-order valence-electron chi connectivity index (χ3n) is 5.84. The second kappa shape index (κ2) is 11.4. The zero-order valence-corrected chi connectivity index (χ0v) is 20.6. The van der Waals surface area contributed by atoms with Crippen LogP contribution in [0.25, 0.3) is 16.6 Å². The molecular weight excluding hydrogens is 438 g/mol. The molecule has 0 bridgehead atoms. The lowest BCUT2D eigenvalue weighted by atomic mass is 10.1. The number of aryl methyl sites for hydroxylation is 1. The number of nitrogens with zero attached hydrogens (tertiary/aromatic N) is 3. The van der Waals surface area contributed by atoms with E-state index in [4.69, 9.17) is 21.3 Å². The number of carbonyl (C=O) groups is 1. The number of amides is 1. The first-order valence-electron chi connectivity index (χ1n) is 11.4. The van der Waals surface area contributed by atoms with Crippen molar-refractivity contribution >= 4 is 28.4 Å². The van der Waals surface area contributed by atoms with Crippen LogP contribution in [-0.2, 0) is 9.53 Å². The Kier molecular flexibility index (Phi) is 8.64. The van der Waals surface area contributed by atoms with Gasteiger partial charge in [-0.15, -0.1) is 0 Å². The van der Waals surface area contributed by atoms with Gasteiger partial charge >= 0.3 is 0 Å². The third-order valence-corrected chi connectivity index (χ3v) is 6.08. The van der Waals surface area contributed by atoms with Gasteiger partial charge in [-0.1, -0.05) is 49.1 Å². The number of carbonyl (C=O) groups excluding carboxylic acids is 1. The third kappa shape index (κ3) is 5.81. The first kappa shape index (κ1) is 24.9. The van der Waals surface area contributed by atoms with Crippen molar-refractivity contribution in [2.24, 2.45) is 0 Å². The van der Waals surface area contributed by atoms with Crippen molar-refractivity contribution in [3.63, 3.8) is 0 Å². The minimum Gasteiger partial charge on any atom is -0.383 e. The first-order valence-corrected chi connectivity index (χ1v) is 11.8.